The monoisotopic (exact) mass is 169 g/mol. The first-order chi connectivity index (χ1) is 5.86. The molecule has 1 aliphatic rings. The summed E-state index contributed by atoms with van der Waals surface area (Å²) >= 11 is 0. The normalized spacial score (nSPS) is 31.5. The summed E-state index contributed by atoms with van der Waals surface area (Å²) in [6.45, 7) is 5.69. The predicted molar refractivity (Wildman–Crippen MR) is 54.3 cm³/mol. The van der Waals surface area contributed by atoms with Crippen molar-refractivity contribution in [3.05, 3.63) is 0 Å². The Morgan fingerprint density at radius 1 is 1.17 bits per heavy atom. The highest BCUT2D eigenvalue weighted by atomic mass is 14.9. The predicted octanol–water partition coefficient (Wildman–Crippen LogP) is 2.95. The van der Waals surface area contributed by atoms with Gasteiger partial charge in [0.15, 0.2) is 0 Å². The second kappa shape index (κ2) is 5.58. The Labute approximate surface area is 76.9 Å². The van der Waals surface area contributed by atoms with Crippen LogP contribution in [0.2, 0.25) is 0 Å². The molecule has 0 saturated heterocycles. The van der Waals surface area contributed by atoms with E-state index < -0.39 is 0 Å². The summed E-state index contributed by atoms with van der Waals surface area (Å²) in [5.74, 6) is 0.997. The average molecular weight is 169 g/mol. The maximum atomic E-state index is 3.59. The molecule has 1 nitrogen and oxygen atoms in total. The zero-order valence-electron chi connectivity index (χ0n) is 8.60. The van der Waals surface area contributed by atoms with Crippen LogP contribution in [0, 0.1) is 5.92 Å². The van der Waals surface area contributed by atoms with Gasteiger partial charge < -0.3 is 5.32 Å². The molecule has 2 atom stereocenters. The average Bonchev–Trinajstić information content (AvgIpc) is 2.30. The maximum absolute atomic E-state index is 3.59. The zero-order chi connectivity index (χ0) is 8.81. The van der Waals surface area contributed by atoms with Crippen molar-refractivity contribution >= 4 is 0 Å². The third-order valence-electron chi connectivity index (χ3n) is 3.10. The summed E-state index contributed by atoms with van der Waals surface area (Å²) < 4.78 is 0. The third kappa shape index (κ3) is 3.14. The molecule has 0 spiro atoms. The van der Waals surface area contributed by atoms with Crippen LogP contribution in [-0.2, 0) is 0 Å². The van der Waals surface area contributed by atoms with Crippen molar-refractivity contribution in [3.8, 4) is 0 Å². The summed E-state index contributed by atoms with van der Waals surface area (Å²) in [7, 11) is 0. The quantitative estimate of drug-likeness (QED) is 0.640. The lowest BCUT2D eigenvalue weighted by Crippen LogP contribution is -2.29. The summed E-state index contributed by atoms with van der Waals surface area (Å²) in [6, 6.07) is 0.822. The molecule has 0 bridgehead atoms. The van der Waals surface area contributed by atoms with Crippen molar-refractivity contribution in [2.75, 3.05) is 6.54 Å². The van der Waals surface area contributed by atoms with Gasteiger partial charge in [0, 0.05) is 6.04 Å². The van der Waals surface area contributed by atoms with Crippen molar-refractivity contribution < 1.29 is 0 Å². The van der Waals surface area contributed by atoms with E-state index >= 15 is 0 Å². The van der Waals surface area contributed by atoms with Crippen LogP contribution in [0.4, 0.5) is 0 Å². The molecule has 2 unspecified atom stereocenters. The van der Waals surface area contributed by atoms with Gasteiger partial charge in [0.2, 0.25) is 0 Å². The molecule has 0 aliphatic heterocycles. The van der Waals surface area contributed by atoms with Crippen LogP contribution < -0.4 is 5.32 Å². The molecular formula is C11H23N. The lowest BCUT2D eigenvalue weighted by molar-refractivity contribution is 0.383. The Bertz CT molecular complexity index is 112. The second-order valence-corrected chi connectivity index (χ2v) is 4.05. The molecular weight excluding hydrogens is 146 g/mol. The van der Waals surface area contributed by atoms with Gasteiger partial charge >= 0.3 is 0 Å². The Hall–Kier alpha value is -0.0400. The number of hydrogen-bond donors (Lipinski definition) is 1. The van der Waals surface area contributed by atoms with E-state index in [1.165, 1.54) is 38.5 Å². The van der Waals surface area contributed by atoms with E-state index in [4.69, 9.17) is 0 Å². The molecule has 0 aromatic heterocycles. The lowest BCUT2D eigenvalue weighted by atomic mass is 9.95. The molecule has 1 saturated carbocycles. The van der Waals surface area contributed by atoms with Crippen LogP contribution in [0.5, 0.6) is 0 Å². The van der Waals surface area contributed by atoms with Crippen molar-refractivity contribution in [3.63, 3.8) is 0 Å². The molecule has 0 amide bonds. The molecule has 1 heteroatoms. The van der Waals surface area contributed by atoms with E-state index in [1.807, 2.05) is 0 Å². The number of nitrogens with one attached hydrogen (secondary N) is 1. The van der Waals surface area contributed by atoms with Crippen molar-refractivity contribution in [1.82, 2.24) is 5.32 Å². The van der Waals surface area contributed by atoms with Gasteiger partial charge in [-0.1, -0.05) is 39.5 Å². The molecule has 0 heterocycles. The highest BCUT2D eigenvalue weighted by Gasteiger charge is 2.17. The molecule has 0 aromatic carbocycles. The molecule has 72 valence electrons. The minimum Gasteiger partial charge on any atom is -0.314 e. The summed E-state index contributed by atoms with van der Waals surface area (Å²) in [6.07, 6.45) is 8.57. The Morgan fingerprint density at radius 3 is 2.58 bits per heavy atom. The molecule has 0 aromatic rings. The van der Waals surface area contributed by atoms with Gasteiger partial charge in [-0.3, -0.25) is 0 Å². The van der Waals surface area contributed by atoms with Crippen LogP contribution in [0.25, 0.3) is 0 Å². The van der Waals surface area contributed by atoms with Gasteiger partial charge in [0.1, 0.15) is 0 Å². The lowest BCUT2D eigenvalue weighted by Gasteiger charge is -2.19. The largest absolute Gasteiger partial charge is 0.314 e. The first-order valence-corrected chi connectivity index (χ1v) is 5.60. The summed E-state index contributed by atoms with van der Waals surface area (Å²) in [5, 5.41) is 3.59. The topological polar surface area (TPSA) is 12.0 Å². The zero-order valence-corrected chi connectivity index (χ0v) is 8.60. The van der Waals surface area contributed by atoms with Gasteiger partial charge in [0.25, 0.3) is 0 Å². The molecule has 1 N–H and O–H groups in total. The van der Waals surface area contributed by atoms with Crippen LogP contribution in [-0.4, -0.2) is 12.6 Å². The first kappa shape index (κ1) is 10.0. The van der Waals surface area contributed by atoms with Gasteiger partial charge in [0.05, 0.1) is 0 Å². The smallest absolute Gasteiger partial charge is 0.00695 e. The number of hydrogen-bond acceptors (Lipinski definition) is 1. The van der Waals surface area contributed by atoms with E-state index in [0.29, 0.717) is 0 Å². The third-order valence-corrected chi connectivity index (χ3v) is 3.10. The van der Waals surface area contributed by atoms with Crippen molar-refractivity contribution in [1.29, 1.82) is 0 Å². The highest BCUT2D eigenvalue weighted by molar-refractivity contribution is 4.74. The van der Waals surface area contributed by atoms with Gasteiger partial charge in [-0.05, 0) is 25.3 Å². The number of rotatable bonds is 3. The van der Waals surface area contributed by atoms with E-state index in [9.17, 15) is 0 Å². The van der Waals surface area contributed by atoms with Crippen LogP contribution in [0.3, 0.4) is 0 Å². The fraction of sp³-hybridized carbons (Fsp3) is 1.00. The summed E-state index contributed by atoms with van der Waals surface area (Å²) in [4.78, 5) is 0. The second-order valence-electron chi connectivity index (χ2n) is 4.05. The fourth-order valence-corrected chi connectivity index (χ4v) is 2.31. The van der Waals surface area contributed by atoms with E-state index in [2.05, 4.69) is 19.2 Å². The fourth-order valence-electron chi connectivity index (χ4n) is 2.31. The molecule has 1 rings (SSSR count). The SMILES string of the molecule is CCNC1CCCCC(CC)C1. The van der Waals surface area contributed by atoms with Crippen LogP contribution in [0.15, 0.2) is 0 Å². The molecule has 1 fully saturated rings. The Balaban J connectivity index is 2.31. The standard InChI is InChI=1S/C11H23N/c1-3-10-7-5-6-8-11(9-10)12-4-2/h10-12H,3-9H2,1-2H3. The van der Waals surface area contributed by atoms with Crippen LogP contribution in [0.1, 0.15) is 52.4 Å². The summed E-state index contributed by atoms with van der Waals surface area (Å²) in [5.41, 5.74) is 0. The van der Waals surface area contributed by atoms with E-state index in [1.54, 1.807) is 0 Å². The van der Waals surface area contributed by atoms with E-state index in [-0.39, 0.29) is 0 Å². The molecule has 12 heavy (non-hydrogen) atoms. The van der Waals surface area contributed by atoms with Gasteiger partial charge in [-0.15, -0.1) is 0 Å². The van der Waals surface area contributed by atoms with Crippen LogP contribution >= 0.6 is 0 Å². The first-order valence-electron chi connectivity index (χ1n) is 5.60. The maximum Gasteiger partial charge on any atom is 0.00695 e. The van der Waals surface area contributed by atoms with Gasteiger partial charge in [-0.25, -0.2) is 0 Å². The van der Waals surface area contributed by atoms with E-state index in [0.717, 1.165) is 18.5 Å². The van der Waals surface area contributed by atoms with Crippen molar-refractivity contribution in [2.45, 2.75) is 58.4 Å². The van der Waals surface area contributed by atoms with Crippen molar-refractivity contribution in [2.24, 2.45) is 5.92 Å². The highest BCUT2D eigenvalue weighted by Crippen LogP contribution is 2.25. The Morgan fingerprint density at radius 2 is 1.92 bits per heavy atom. The van der Waals surface area contributed by atoms with Gasteiger partial charge in [-0.2, -0.15) is 0 Å². The molecule has 1 aliphatic carbocycles. The Kier molecular flexibility index (Phi) is 4.67. The minimum atomic E-state index is 0.822. The molecule has 0 radical (unpaired) electrons. The minimum absolute atomic E-state index is 0.822.